The molecule has 0 aliphatic rings. The number of thioether (sulfide) groups is 1. The van der Waals surface area contributed by atoms with Gasteiger partial charge >= 0.3 is 0 Å². The number of benzene rings is 2. The number of nitrogens with one attached hydrogen (secondary N) is 1. The summed E-state index contributed by atoms with van der Waals surface area (Å²) in [5.41, 5.74) is 5.02. The highest BCUT2D eigenvalue weighted by atomic mass is 32.2. The van der Waals surface area contributed by atoms with Gasteiger partial charge < -0.3 is 14.5 Å². The van der Waals surface area contributed by atoms with Crippen molar-refractivity contribution in [2.24, 2.45) is 0 Å². The summed E-state index contributed by atoms with van der Waals surface area (Å²) in [7, 11) is 1.58. The quantitative estimate of drug-likeness (QED) is 0.385. The average molecular weight is 453 g/mol. The fourth-order valence-corrected chi connectivity index (χ4v) is 4.14. The third kappa shape index (κ3) is 4.95. The van der Waals surface area contributed by atoms with Crippen LogP contribution >= 0.6 is 23.1 Å². The molecule has 1 amide bonds. The van der Waals surface area contributed by atoms with Gasteiger partial charge in [0.15, 0.2) is 5.13 Å². The molecule has 0 aliphatic heterocycles. The van der Waals surface area contributed by atoms with E-state index in [-0.39, 0.29) is 11.7 Å². The van der Waals surface area contributed by atoms with Crippen LogP contribution in [0.2, 0.25) is 0 Å². The maximum atomic E-state index is 12.3. The normalized spacial score (nSPS) is 10.8. The number of nitrogens with zero attached hydrogens (tertiary/aromatic N) is 3. The van der Waals surface area contributed by atoms with Gasteiger partial charge in [-0.15, -0.1) is 21.5 Å². The summed E-state index contributed by atoms with van der Waals surface area (Å²) in [6.45, 7) is 4.15. The van der Waals surface area contributed by atoms with Gasteiger partial charge in [-0.05, 0) is 43.2 Å². The van der Waals surface area contributed by atoms with Crippen LogP contribution in [0.25, 0.3) is 22.7 Å². The number of methoxy groups -OCH3 is 1. The maximum absolute atomic E-state index is 12.3. The van der Waals surface area contributed by atoms with Crippen LogP contribution in [0.3, 0.4) is 0 Å². The van der Waals surface area contributed by atoms with Crippen molar-refractivity contribution in [1.29, 1.82) is 0 Å². The molecule has 4 rings (SSSR count). The fourth-order valence-electron chi connectivity index (χ4n) is 2.85. The number of rotatable bonds is 7. The van der Waals surface area contributed by atoms with Crippen LogP contribution in [0.4, 0.5) is 5.13 Å². The molecule has 0 saturated carbocycles. The van der Waals surface area contributed by atoms with Crippen LogP contribution in [0, 0.1) is 13.8 Å². The number of para-hydroxylation sites is 1. The molecule has 9 heteroatoms. The number of anilines is 1. The van der Waals surface area contributed by atoms with Crippen LogP contribution in [0.1, 0.15) is 11.1 Å². The van der Waals surface area contributed by atoms with Gasteiger partial charge in [-0.1, -0.05) is 36.0 Å². The van der Waals surface area contributed by atoms with Crippen LogP contribution in [0.15, 0.2) is 57.5 Å². The molecular formula is C22H20N4O3S2. The molecule has 0 unspecified atom stereocenters. The van der Waals surface area contributed by atoms with Gasteiger partial charge in [-0.3, -0.25) is 4.79 Å². The third-order valence-electron chi connectivity index (χ3n) is 4.62. The molecule has 0 radical (unpaired) electrons. The first kappa shape index (κ1) is 21.1. The molecule has 2 heterocycles. The molecule has 2 aromatic heterocycles. The minimum Gasteiger partial charge on any atom is -0.496 e. The Morgan fingerprint density at radius 2 is 2.00 bits per heavy atom. The zero-order chi connectivity index (χ0) is 21.8. The van der Waals surface area contributed by atoms with Gasteiger partial charge in [0, 0.05) is 10.9 Å². The highest BCUT2D eigenvalue weighted by Crippen LogP contribution is 2.31. The Morgan fingerprint density at radius 1 is 1.16 bits per heavy atom. The monoisotopic (exact) mass is 452 g/mol. The Kier molecular flexibility index (Phi) is 6.34. The summed E-state index contributed by atoms with van der Waals surface area (Å²) in [6, 6.07) is 13.6. The lowest BCUT2D eigenvalue weighted by molar-refractivity contribution is -0.113. The van der Waals surface area contributed by atoms with E-state index in [0.717, 1.165) is 11.3 Å². The molecule has 0 atom stereocenters. The molecule has 0 bridgehead atoms. The average Bonchev–Trinajstić information content (AvgIpc) is 3.44. The van der Waals surface area contributed by atoms with Crippen molar-refractivity contribution >= 4 is 34.1 Å². The number of carbonyl (C=O) groups excluding carboxylic acids is 1. The molecule has 2 aromatic carbocycles. The summed E-state index contributed by atoms with van der Waals surface area (Å²) >= 11 is 2.56. The molecule has 0 fully saturated rings. The second-order valence-corrected chi connectivity index (χ2v) is 8.53. The molecule has 0 aliphatic carbocycles. The van der Waals surface area contributed by atoms with E-state index < -0.39 is 0 Å². The summed E-state index contributed by atoms with van der Waals surface area (Å²) in [5.74, 6) is 0.927. The highest BCUT2D eigenvalue weighted by molar-refractivity contribution is 7.99. The number of thiazole rings is 1. The minimum absolute atomic E-state index is 0.131. The first-order chi connectivity index (χ1) is 15.0. The topological polar surface area (TPSA) is 90.1 Å². The molecule has 0 saturated heterocycles. The van der Waals surface area contributed by atoms with Crippen molar-refractivity contribution in [3.63, 3.8) is 0 Å². The minimum atomic E-state index is -0.192. The Morgan fingerprint density at radius 3 is 2.81 bits per heavy atom. The zero-order valence-corrected chi connectivity index (χ0v) is 18.8. The number of aromatic nitrogens is 3. The van der Waals surface area contributed by atoms with E-state index in [0.29, 0.717) is 27.6 Å². The lowest BCUT2D eigenvalue weighted by Crippen LogP contribution is -2.13. The molecule has 31 heavy (non-hydrogen) atoms. The first-order valence-corrected chi connectivity index (χ1v) is 11.3. The van der Waals surface area contributed by atoms with Crippen LogP contribution < -0.4 is 10.1 Å². The molecule has 1 N–H and O–H groups in total. The lowest BCUT2D eigenvalue weighted by Gasteiger charge is -2.03. The molecular weight excluding hydrogens is 432 g/mol. The van der Waals surface area contributed by atoms with Crippen LogP contribution in [0.5, 0.6) is 5.75 Å². The van der Waals surface area contributed by atoms with Crippen molar-refractivity contribution < 1.29 is 13.9 Å². The summed E-state index contributed by atoms with van der Waals surface area (Å²) in [4.78, 5) is 16.9. The predicted octanol–water partition coefficient (Wildman–Crippen LogP) is 5.22. The van der Waals surface area contributed by atoms with Crippen molar-refractivity contribution in [1.82, 2.24) is 15.2 Å². The Labute approximate surface area is 187 Å². The number of carbonyl (C=O) groups is 1. The number of hydrogen-bond donors (Lipinski definition) is 1. The van der Waals surface area contributed by atoms with E-state index in [4.69, 9.17) is 9.15 Å². The van der Waals surface area contributed by atoms with Gasteiger partial charge in [0.05, 0.1) is 24.1 Å². The number of ether oxygens (including phenoxy) is 1. The van der Waals surface area contributed by atoms with Crippen molar-refractivity contribution in [2.45, 2.75) is 19.1 Å². The fraction of sp³-hybridized carbons (Fsp3) is 0.182. The Bertz CT molecular complexity index is 1220. The second-order valence-electron chi connectivity index (χ2n) is 6.75. The highest BCUT2D eigenvalue weighted by Gasteiger charge is 2.15. The lowest BCUT2D eigenvalue weighted by atomic mass is 10.1. The molecule has 4 aromatic rings. The predicted molar refractivity (Wildman–Crippen MR) is 123 cm³/mol. The Hall–Kier alpha value is -3.17. The van der Waals surface area contributed by atoms with Gasteiger partial charge in [0.25, 0.3) is 11.1 Å². The SMILES string of the molecule is COc1ccccc1-c1nnc(SCC(=O)Nc2nc(-c3ccc(C)c(C)c3)cs2)o1. The van der Waals surface area contributed by atoms with E-state index in [1.54, 1.807) is 7.11 Å². The van der Waals surface area contributed by atoms with E-state index in [9.17, 15) is 4.79 Å². The van der Waals surface area contributed by atoms with Crippen molar-refractivity contribution in [2.75, 3.05) is 18.2 Å². The summed E-state index contributed by atoms with van der Waals surface area (Å²) in [6.07, 6.45) is 0. The van der Waals surface area contributed by atoms with Crippen LogP contribution in [-0.4, -0.2) is 34.0 Å². The van der Waals surface area contributed by atoms with Crippen LogP contribution in [-0.2, 0) is 4.79 Å². The number of amides is 1. The summed E-state index contributed by atoms with van der Waals surface area (Å²) < 4.78 is 11.0. The van der Waals surface area contributed by atoms with Crippen molar-refractivity contribution in [3.05, 3.63) is 59.0 Å². The van der Waals surface area contributed by atoms with E-state index in [2.05, 4.69) is 46.5 Å². The molecule has 7 nitrogen and oxygen atoms in total. The summed E-state index contributed by atoms with van der Waals surface area (Å²) in [5, 5.41) is 13.7. The third-order valence-corrected chi connectivity index (χ3v) is 6.20. The largest absolute Gasteiger partial charge is 0.496 e. The van der Waals surface area contributed by atoms with E-state index in [1.807, 2.05) is 35.7 Å². The van der Waals surface area contributed by atoms with E-state index in [1.165, 1.54) is 34.2 Å². The standard InChI is InChI=1S/C22H20N4O3S2/c1-13-8-9-15(10-14(13)2)17-11-30-21(23-17)24-19(27)12-31-22-26-25-20(29-22)16-6-4-5-7-18(16)28-3/h4-11H,12H2,1-3H3,(H,23,24,27). The van der Waals surface area contributed by atoms with Gasteiger partial charge in [-0.25, -0.2) is 4.98 Å². The number of aryl methyl sites for hydroxylation is 2. The van der Waals surface area contributed by atoms with Gasteiger partial charge in [0.1, 0.15) is 5.75 Å². The Balaban J connectivity index is 1.35. The molecule has 158 valence electrons. The van der Waals surface area contributed by atoms with Crippen molar-refractivity contribution in [3.8, 4) is 28.5 Å². The van der Waals surface area contributed by atoms with E-state index >= 15 is 0 Å². The smallest absolute Gasteiger partial charge is 0.277 e. The van der Waals surface area contributed by atoms with Gasteiger partial charge in [-0.2, -0.15) is 0 Å². The zero-order valence-electron chi connectivity index (χ0n) is 17.2. The molecule has 0 spiro atoms. The first-order valence-electron chi connectivity index (χ1n) is 9.46. The number of hydrogen-bond acceptors (Lipinski definition) is 8. The maximum Gasteiger partial charge on any atom is 0.277 e. The second kappa shape index (κ2) is 9.32. The van der Waals surface area contributed by atoms with Gasteiger partial charge in [0.2, 0.25) is 5.91 Å².